The van der Waals surface area contributed by atoms with Crippen LogP contribution in [0, 0.1) is 6.92 Å². The number of carbonyl (C=O) groups is 3. The molecule has 1 N–H and O–H groups in total. The van der Waals surface area contributed by atoms with E-state index in [1.165, 1.54) is 0 Å². The first-order chi connectivity index (χ1) is 18.3. The summed E-state index contributed by atoms with van der Waals surface area (Å²) in [5, 5.41) is 2.20. The third-order valence-corrected chi connectivity index (χ3v) is 8.53. The number of benzene rings is 3. The van der Waals surface area contributed by atoms with E-state index in [-0.39, 0.29) is 11.4 Å². The fourth-order valence-corrected chi connectivity index (χ4v) is 5.37. The van der Waals surface area contributed by atoms with Crippen LogP contribution in [0.1, 0.15) is 23.6 Å². The molecule has 0 radical (unpaired) electrons. The molecule has 7 nitrogen and oxygen atoms in total. The number of nitrogens with zero attached hydrogens (tertiary/aromatic N) is 1. The van der Waals surface area contributed by atoms with Crippen LogP contribution in [0.25, 0.3) is 6.08 Å². The van der Waals surface area contributed by atoms with Gasteiger partial charge in [-0.05, 0) is 92.9 Å². The fourth-order valence-electron chi connectivity index (χ4n) is 3.60. The maximum atomic E-state index is 13.0. The van der Waals surface area contributed by atoms with Gasteiger partial charge in [0, 0.05) is 10.2 Å². The van der Waals surface area contributed by atoms with Gasteiger partial charge in [-0.2, -0.15) is 0 Å². The summed E-state index contributed by atoms with van der Waals surface area (Å²) in [5.74, 6) is 0.00592. The van der Waals surface area contributed by atoms with Gasteiger partial charge in [-0.1, -0.05) is 48.0 Å². The number of hydrogen-bond acceptors (Lipinski definition) is 6. The number of thioether (sulfide) groups is 1. The van der Waals surface area contributed by atoms with Crippen LogP contribution in [0.5, 0.6) is 11.5 Å². The van der Waals surface area contributed by atoms with Crippen molar-refractivity contribution in [1.29, 1.82) is 0 Å². The van der Waals surface area contributed by atoms with Crippen LogP contribution in [0.4, 0.5) is 10.5 Å². The highest BCUT2D eigenvalue weighted by Gasteiger charge is 2.36. The van der Waals surface area contributed by atoms with E-state index in [1.54, 1.807) is 24.3 Å². The Hall–Kier alpha value is -3.08. The Kier molecular flexibility index (Phi) is 9.30. The molecule has 1 heterocycles. The van der Waals surface area contributed by atoms with E-state index < -0.39 is 17.1 Å². The lowest BCUT2D eigenvalue weighted by Gasteiger charge is -2.17. The van der Waals surface area contributed by atoms with Gasteiger partial charge in [0.05, 0.1) is 16.0 Å². The first-order valence-electron chi connectivity index (χ1n) is 11.7. The molecule has 10 heteroatoms. The van der Waals surface area contributed by atoms with Gasteiger partial charge in [0.1, 0.15) is 13.2 Å². The van der Waals surface area contributed by atoms with E-state index in [4.69, 9.17) is 9.47 Å². The molecule has 38 heavy (non-hydrogen) atoms. The third-order valence-electron chi connectivity index (χ3n) is 5.48. The van der Waals surface area contributed by atoms with Crippen LogP contribution in [-0.4, -0.2) is 35.1 Å². The average molecular weight is 660 g/mol. The second kappa shape index (κ2) is 12.6. The highest BCUT2D eigenvalue weighted by molar-refractivity contribution is 9.13. The summed E-state index contributed by atoms with van der Waals surface area (Å²) < 4.78 is 13.1. The van der Waals surface area contributed by atoms with E-state index in [9.17, 15) is 14.4 Å². The number of anilines is 1. The zero-order valence-electron chi connectivity index (χ0n) is 20.6. The predicted octanol–water partition coefficient (Wildman–Crippen LogP) is 7.17. The maximum Gasteiger partial charge on any atom is 0.294 e. The molecule has 3 aromatic carbocycles. The van der Waals surface area contributed by atoms with Crippen molar-refractivity contribution in [2.45, 2.75) is 20.5 Å². The van der Waals surface area contributed by atoms with Crippen LogP contribution in [0.15, 0.2) is 74.5 Å². The highest BCUT2D eigenvalue weighted by Crippen LogP contribution is 2.45. The zero-order chi connectivity index (χ0) is 27.2. The average Bonchev–Trinajstić information content (AvgIpc) is 3.16. The summed E-state index contributed by atoms with van der Waals surface area (Å²) in [7, 11) is 0. The monoisotopic (exact) mass is 658 g/mol. The Balaban J connectivity index is 1.53. The number of imide groups is 1. The molecule has 0 atom stereocenters. The minimum Gasteiger partial charge on any atom is -0.490 e. The second-order valence-electron chi connectivity index (χ2n) is 8.31. The smallest absolute Gasteiger partial charge is 0.294 e. The molecule has 1 fully saturated rings. The van der Waals surface area contributed by atoms with E-state index in [0.29, 0.717) is 44.9 Å². The molecule has 0 spiro atoms. The Morgan fingerprint density at radius 3 is 2.42 bits per heavy atom. The first-order valence-corrected chi connectivity index (χ1v) is 14.1. The van der Waals surface area contributed by atoms with Crippen LogP contribution in [0.3, 0.4) is 0 Å². The standard InChI is InChI=1S/C28H24Br2N2O5S/c1-3-36-21-13-19(24(29)25(30)26(21)37-16-18-7-5-4-6-8-18)14-22-27(34)32(28(35)38-22)15-23(33)31-20-11-9-17(2)10-12-20/h4-14H,3,15-16H2,1-2H3,(H,31,33)/b22-14-. The zero-order valence-corrected chi connectivity index (χ0v) is 24.6. The SMILES string of the molecule is CCOc1cc(/C=C2\SC(=O)N(CC(=O)Nc3ccc(C)cc3)C2=O)c(Br)c(Br)c1OCc1ccccc1. The first kappa shape index (κ1) is 27.9. The Bertz CT molecular complexity index is 1390. The lowest BCUT2D eigenvalue weighted by atomic mass is 10.1. The maximum absolute atomic E-state index is 13.0. The van der Waals surface area contributed by atoms with E-state index in [0.717, 1.165) is 27.8 Å². The molecular weight excluding hydrogens is 636 g/mol. The van der Waals surface area contributed by atoms with Crippen molar-refractivity contribution in [3.8, 4) is 11.5 Å². The van der Waals surface area contributed by atoms with Gasteiger partial charge >= 0.3 is 0 Å². The number of carbonyl (C=O) groups excluding carboxylic acids is 3. The number of halogens is 2. The van der Waals surface area contributed by atoms with Crippen molar-refractivity contribution < 1.29 is 23.9 Å². The third kappa shape index (κ3) is 6.67. The van der Waals surface area contributed by atoms with Crippen molar-refractivity contribution in [1.82, 2.24) is 4.90 Å². The van der Waals surface area contributed by atoms with Crippen molar-refractivity contribution in [2.24, 2.45) is 0 Å². The molecule has 1 saturated heterocycles. The lowest BCUT2D eigenvalue weighted by molar-refractivity contribution is -0.127. The quantitative estimate of drug-likeness (QED) is 0.245. The van der Waals surface area contributed by atoms with Gasteiger partial charge < -0.3 is 14.8 Å². The van der Waals surface area contributed by atoms with Crippen molar-refractivity contribution in [3.05, 3.63) is 91.2 Å². The van der Waals surface area contributed by atoms with Gasteiger partial charge in [-0.15, -0.1) is 0 Å². The van der Waals surface area contributed by atoms with Gasteiger partial charge in [-0.3, -0.25) is 19.3 Å². The summed E-state index contributed by atoms with van der Waals surface area (Å²) in [5.41, 5.74) is 3.26. The number of ether oxygens (including phenoxy) is 2. The van der Waals surface area contributed by atoms with Crippen molar-refractivity contribution in [3.63, 3.8) is 0 Å². The largest absolute Gasteiger partial charge is 0.490 e. The predicted molar refractivity (Wildman–Crippen MR) is 156 cm³/mol. The number of hydrogen-bond donors (Lipinski definition) is 1. The molecule has 0 aliphatic carbocycles. The van der Waals surface area contributed by atoms with Crippen molar-refractivity contribution >= 4 is 72.4 Å². The second-order valence-corrected chi connectivity index (χ2v) is 10.9. The molecule has 196 valence electrons. The minimum atomic E-state index is -0.538. The molecular formula is C28H24Br2N2O5S. The van der Waals surface area contributed by atoms with Crippen LogP contribution < -0.4 is 14.8 Å². The molecule has 0 bridgehead atoms. The molecule has 0 saturated carbocycles. The Labute approximate surface area is 241 Å². The Morgan fingerprint density at radius 1 is 1.03 bits per heavy atom. The van der Waals surface area contributed by atoms with Gasteiger partial charge in [0.25, 0.3) is 11.1 Å². The van der Waals surface area contributed by atoms with Gasteiger partial charge in [0.2, 0.25) is 5.91 Å². The van der Waals surface area contributed by atoms with Gasteiger partial charge in [-0.25, -0.2) is 0 Å². The lowest BCUT2D eigenvalue weighted by Crippen LogP contribution is -2.36. The van der Waals surface area contributed by atoms with Crippen LogP contribution >= 0.6 is 43.6 Å². The van der Waals surface area contributed by atoms with Gasteiger partial charge in [0.15, 0.2) is 11.5 Å². The molecule has 0 unspecified atom stereocenters. The number of rotatable bonds is 9. The van der Waals surface area contributed by atoms with E-state index >= 15 is 0 Å². The van der Waals surface area contributed by atoms with E-state index in [1.807, 2.05) is 56.3 Å². The fraction of sp³-hybridized carbons (Fsp3) is 0.179. The summed E-state index contributed by atoms with van der Waals surface area (Å²) in [6.45, 7) is 4.18. The molecule has 3 amide bonds. The topological polar surface area (TPSA) is 84.9 Å². The van der Waals surface area contributed by atoms with Crippen LogP contribution in [-0.2, 0) is 16.2 Å². The normalized spacial score (nSPS) is 14.2. The minimum absolute atomic E-state index is 0.200. The molecule has 1 aliphatic heterocycles. The molecule has 4 rings (SSSR count). The summed E-state index contributed by atoms with van der Waals surface area (Å²) in [6, 6.07) is 18.8. The molecule has 0 aromatic heterocycles. The highest BCUT2D eigenvalue weighted by atomic mass is 79.9. The van der Waals surface area contributed by atoms with Crippen molar-refractivity contribution in [2.75, 3.05) is 18.5 Å². The molecule has 3 aromatic rings. The number of nitrogens with one attached hydrogen (secondary N) is 1. The summed E-state index contributed by atoms with van der Waals surface area (Å²) in [4.78, 5) is 39.3. The number of amides is 3. The molecule has 1 aliphatic rings. The van der Waals surface area contributed by atoms with Crippen LogP contribution in [0.2, 0.25) is 0 Å². The summed E-state index contributed by atoms with van der Waals surface area (Å²) in [6.07, 6.45) is 1.60. The Morgan fingerprint density at radius 2 is 1.74 bits per heavy atom. The summed E-state index contributed by atoms with van der Waals surface area (Å²) >= 11 is 7.93. The number of aryl methyl sites for hydroxylation is 1. The van der Waals surface area contributed by atoms with E-state index in [2.05, 4.69) is 37.2 Å².